The Bertz CT molecular complexity index is 465. The van der Waals surface area contributed by atoms with Crippen LogP contribution in [-0.2, 0) is 16.6 Å². The fourth-order valence-corrected chi connectivity index (χ4v) is 1.96. The van der Waals surface area contributed by atoms with Gasteiger partial charge in [-0.2, -0.15) is 0 Å². The molecule has 18 heavy (non-hydrogen) atoms. The molecule has 1 aromatic carbocycles. The van der Waals surface area contributed by atoms with E-state index in [0.717, 1.165) is 28.5 Å². The average molecular weight is 246 g/mol. The molecule has 0 saturated carbocycles. The smallest absolute Gasteiger partial charge is 0.126 e. The van der Waals surface area contributed by atoms with Crippen molar-refractivity contribution in [2.45, 2.75) is 46.0 Å². The number of allylic oxidation sites excluding steroid dienone is 1. The molecule has 2 heteroatoms. The number of phenolic OH excluding ortho intramolecular Hbond substituents is 1. The zero-order chi connectivity index (χ0) is 13.9. The Balaban J connectivity index is 3.37. The Labute approximate surface area is 109 Å². The van der Waals surface area contributed by atoms with E-state index in [2.05, 4.69) is 27.4 Å². The molecule has 0 bridgehead atoms. The number of carbonyl (C=O) groups excluding carboxylic acids is 1. The number of aromatic hydroxyl groups is 1. The largest absolute Gasteiger partial charge is 0.507 e. The summed E-state index contributed by atoms with van der Waals surface area (Å²) in [5.41, 5.74) is 3.46. The van der Waals surface area contributed by atoms with E-state index < -0.39 is 0 Å². The van der Waals surface area contributed by atoms with Crippen LogP contribution in [0.2, 0.25) is 0 Å². The van der Waals surface area contributed by atoms with Crippen LogP contribution < -0.4 is 0 Å². The summed E-state index contributed by atoms with van der Waals surface area (Å²) in [6, 6.07) is 3.92. The van der Waals surface area contributed by atoms with Crippen LogP contribution in [0, 0.1) is 0 Å². The number of aryl methyl sites for hydroxylation is 1. The van der Waals surface area contributed by atoms with Gasteiger partial charge in [0.1, 0.15) is 12.0 Å². The number of phenols is 1. The predicted octanol–water partition coefficient (Wildman–Crippen LogP) is 3.85. The van der Waals surface area contributed by atoms with Crippen molar-refractivity contribution < 1.29 is 9.90 Å². The summed E-state index contributed by atoms with van der Waals surface area (Å²) < 4.78 is 0. The fraction of sp³-hybridized carbons (Fsp3) is 0.438. The summed E-state index contributed by atoms with van der Waals surface area (Å²) in [6.45, 7) is 12.0. The summed E-state index contributed by atoms with van der Waals surface area (Å²) in [4.78, 5) is 10.5. The van der Waals surface area contributed by atoms with Gasteiger partial charge in [0.05, 0.1) is 0 Å². The van der Waals surface area contributed by atoms with Gasteiger partial charge in [-0.1, -0.05) is 33.4 Å². The molecule has 0 heterocycles. The topological polar surface area (TPSA) is 37.3 Å². The summed E-state index contributed by atoms with van der Waals surface area (Å²) in [5, 5.41) is 10.3. The molecule has 0 unspecified atom stereocenters. The molecule has 0 aliphatic carbocycles. The van der Waals surface area contributed by atoms with E-state index in [1.807, 2.05) is 19.1 Å². The maximum absolute atomic E-state index is 10.5. The van der Waals surface area contributed by atoms with Crippen molar-refractivity contribution in [1.82, 2.24) is 0 Å². The molecule has 0 amide bonds. The van der Waals surface area contributed by atoms with Crippen molar-refractivity contribution in [3.8, 4) is 5.75 Å². The number of benzene rings is 1. The monoisotopic (exact) mass is 246 g/mol. The minimum absolute atomic E-state index is 0.133. The third-order valence-corrected chi connectivity index (χ3v) is 2.99. The van der Waals surface area contributed by atoms with Gasteiger partial charge in [0.25, 0.3) is 0 Å². The number of carbonyl (C=O) groups is 1. The molecule has 0 spiro atoms. The molecule has 2 nitrogen and oxygen atoms in total. The Morgan fingerprint density at radius 2 is 2.00 bits per heavy atom. The predicted molar refractivity (Wildman–Crippen MR) is 75.9 cm³/mol. The lowest BCUT2D eigenvalue weighted by Gasteiger charge is -2.23. The minimum atomic E-state index is -0.133. The molecule has 0 aliphatic rings. The lowest BCUT2D eigenvalue weighted by molar-refractivity contribution is -0.107. The first-order chi connectivity index (χ1) is 8.27. The quantitative estimate of drug-likeness (QED) is 0.819. The van der Waals surface area contributed by atoms with Crippen molar-refractivity contribution >= 4 is 11.9 Å². The second kappa shape index (κ2) is 5.38. The van der Waals surface area contributed by atoms with Gasteiger partial charge < -0.3 is 9.90 Å². The highest BCUT2D eigenvalue weighted by atomic mass is 16.3. The molecule has 1 rings (SSSR count). The zero-order valence-corrected chi connectivity index (χ0v) is 11.7. The van der Waals surface area contributed by atoms with Crippen LogP contribution in [0.15, 0.2) is 18.7 Å². The highest BCUT2D eigenvalue weighted by Gasteiger charge is 2.21. The van der Waals surface area contributed by atoms with Gasteiger partial charge in [0.2, 0.25) is 0 Å². The highest BCUT2D eigenvalue weighted by molar-refractivity contribution is 5.70. The summed E-state index contributed by atoms with van der Waals surface area (Å²) >= 11 is 0. The molecule has 1 aromatic rings. The molecular weight excluding hydrogens is 224 g/mol. The summed E-state index contributed by atoms with van der Waals surface area (Å²) in [6.07, 6.45) is 2.13. The molecular formula is C16H22O2. The number of aldehydes is 1. The fourth-order valence-electron chi connectivity index (χ4n) is 1.96. The Kier molecular flexibility index (Phi) is 4.33. The highest BCUT2D eigenvalue weighted by Crippen LogP contribution is 2.37. The molecule has 0 fully saturated rings. The Morgan fingerprint density at radius 3 is 2.44 bits per heavy atom. The SMILES string of the molecule is C=C(C)c1cc(CCC=O)cc(C(C)(C)C)c1O. The van der Waals surface area contributed by atoms with Crippen LogP contribution in [0.25, 0.3) is 5.57 Å². The summed E-state index contributed by atoms with van der Waals surface area (Å²) in [5.74, 6) is 0.310. The first-order valence-corrected chi connectivity index (χ1v) is 6.23. The second-order valence-corrected chi connectivity index (χ2v) is 5.78. The van der Waals surface area contributed by atoms with Crippen molar-refractivity contribution in [1.29, 1.82) is 0 Å². The standard InChI is InChI=1S/C16H22O2/c1-11(2)13-9-12(7-6-8-17)10-14(15(13)18)16(3,4)5/h8-10,18H,1,6-7H2,2-5H3. The van der Waals surface area contributed by atoms with Crippen LogP contribution in [-0.4, -0.2) is 11.4 Å². The summed E-state index contributed by atoms with van der Waals surface area (Å²) in [7, 11) is 0. The van der Waals surface area contributed by atoms with Crippen LogP contribution in [0.5, 0.6) is 5.75 Å². The zero-order valence-electron chi connectivity index (χ0n) is 11.7. The lowest BCUT2D eigenvalue weighted by atomic mass is 9.83. The molecule has 0 saturated heterocycles. The third-order valence-electron chi connectivity index (χ3n) is 2.99. The number of hydrogen-bond donors (Lipinski definition) is 1. The van der Waals surface area contributed by atoms with Gasteiger partial charge in [0, 0.05) is 17.5 Å². The molecule has 0 radical (unpaired) electrons. The normalized spacial score (nSPS) is 11.3. The van der Waals surface area contributed by atoms with Crippen molar-refractivity contribution in [2.24, 2.45) is 0 Å². The Hall–Kier alpha value is -1.57. The van der Waals surface area contributed by atoms with E-state index in [9.17, 15) is 9.90 Å². The molecule has 0 aliphatic heterocycles. The van der Waals surface area contributed by atoms with Gasteiger partial charge in [0.15, 0.2) is 0 Å². The van der Waals surface area contributed by atoms with Gasteiger partial charge in [-0.15, -0.1) is 0 Å². The van der Waals surface area contributed by atoms with E-state index in [1.165, 1.54) is 0 Å². The van der Waals surface area contributed by atoms with Gasteiger partial charge in [-0.3, -0.25) is 0 Å². The van der Waals surface area contributed by atoms with Gasteiger partial charge >= 0.3 is 0 Å². The minimum Gasteiger partial charge on any atom is -0.507 e. The van der Waals surface area contributed by atoms with E-state index in [0.29, 0.717) is 18.6 Å². The van der Waals surface area contributed by atoms with Crippen LogP contribution >= 0.6 is 0 Å². The number of hydrogen-bond acceptors (Lipinski definition) is 2. The van der Waals surface area contributed by atoms with E-state index in [-0.39, 0.29) is 5.41 Å². The van der Waals surface area contributed by atoms with Crippen molar-refractivity contribution in [3.63, 3.8) is 0 Å². The molecule has 1 N–H and O–H groups in total. The number of rotatable bonds is 4. The average Bonchev–Trinajstić information content (AvgIpc) is 2.25. The first kappa shape index (κ1) is 14.5. The van der Waals surface area contributed by atoms with Crippen LogP contribution in [0.3, 0.4) is 0 Å². The third kappa shape index (κ3) is 3.22. The van der Waals surface area contributed by atoms with Gasteiger partial charge in [-0.25, -0.2) is 0 Å². The van der Waals surface area contributed by atoms with Crippen molar-refractivity contribution in [2.75, 3.05) is 0 Å². The molecule has 0 aromatic heterocycles. The second-order valence-electron chi connectivity index (χ2n) is 5.78. The lowest BCUT2D eigenvalue weighted by Crippen LogP contribution is -2.12. The van der Waals surface area contributed by atoms with Crippen LogP contribution in [0.1, 0.15) is 50.8 Å². The first-order valence-electron chi connectivity index (χ1n) is 6.23. The van der Waals surface area contributed by atoms with E-state index in [4.69, 9.17) is 0 Å². The maximum Gasteiger partial charge on any atom is 0.126 e. The maximum atomic E-state index is 10.5. The molecule has 0 atom stereocenters. The van der Waals surface area contributed by atoms with E-state index in [1.54, 1.807) is 0 Å². The van der Waals surface area contributed by atoms with Crippen LogP contribution in [0.4, 0.5) is 0 Å². The van der Waals surface area contributed by atoms with E-state index >= 15 is 0 Å². The van der Waals surface area contributed by atoms with Crippen molar-refractivity contribution in [3.05, 3.63) is 35.4 Å². The molecule has 98 valence electrons. The Morgan fingerprint density at radius 1 is 1.39 bits per heavy atom. The van der Waals surface area contributed by atoms with Gasteiger partial charge in [-0.05, 0) is 36.0 Å².